The number of benzene rings is 1. The molecule has 1 aromatic carbocycles. The third-order valence-electron chi connectivity index (χ3n) is 2.79. The van der Waals surface area contributed by atoms with Crippen molar-refractivity contribution in [1.29, 1.82) is 0 Å². The summed E-state index contributed by atoms with van der Waals surface area (Å²) in [5.41, 5.74) is 2.68. The fourth-order valence-corrected chi connectivity index (χ4v) is 1.84. The van der Waals surface area contributed by atoms with Crippen molar-refractivity contribution in [2.45, 2.75) is 20.3 Å². The number of H-pyrrole nitrogens is 1. The van der Waals surface area contributed by atoms with E-state index in [0.29, 0.717) is 0 Å². The Morgan fingerprint density at radius 2 is 2.11 bits per heavy atom. The maximum Gasteiger partial charge on any atom is 0.308 e. The molecule has 5 nitrogen and oxygen atoms in total. The van der Waals surface area contributed by atoms with Gasteiger partial charge >= 0.3 is 5.97 Å². The molecule has 2 N–H and O–H groups in total. The highest BCUT2D eigenvalue weighted by Crippen LogP contribution is 2.13. The molecule has 0 unspecified atom stereocenters. The number of carboxylic acids is 1. The van der Waals surface area contributed by atoms with Crippen LogP contribution in [0.3, 0.4) is 0 Å². The van der Waals surface area contributed by atoms with Crippen LogP contribution in [0.2, 0.25) is 0 Å². The van der Waals surface area contributed by atoms with Crippen LogP contribution in [0, 0.1) is 13.8 Å². The molecular formula is C13H14N2O3. The molecule has 0 amide bonds. The lowest BCUT2D eigenvalue weighted by atomic mass is 10.1. The topological polar surface area (TPSA) is 75.1 Å². The van der Waals surface area contributed by atoms with Gasteiger partial charge in [-0.15, -0.1) is 0 Å². The first-order chi connectivity index (χ1) is 8.49. The van der Waals surface area contributed by atoms with E-state index in [1.165, 1.54) is 10.9 Å². The molecule has 0 aliphatic heterocycles. The predicted octanol–water partition coefficient (Wildman–Crippen LogP) is 1.41. The van der Waals surface area contributed by atoms with E-state index in [-0.39, 0.29) is 17.5 Å². The van der Waals surface area contributed by atoms with E-state index in [1.807, 2.05) is 32.0 Å². The van der Waals surface area contributed by atoms with Crippen LogP contribution >= 0.6 is 0 Å². The lowest BCUT2D eigenvalue weighted by Gasteiger charge is -2.06. The van der Waals surface area contributed by atoms with Gasteiger partial charge in [0.1, 0.15) is 0 Å². The number of aromatic nitrogens is 2. The average Bonchev–Trinajstić information content (AvgIpc) is 2.64. The van der Waals surface area contributed by atoms with Gasteiger partial charge in [-0.2, -0.15) is 0 Å². The minimum atomic E-state index is -1.01. The third-order valence-corrected chi connectivity index (χ3v) is 2.79. The number of carbonyl (C=O) groups is 1. The fraction of sp³-hybridized carbons (Fsp3) is 0.231. The molecule has 0 atom stereocenters. The Bertz CT molecular complexity index is 652. The van der Waals surface area contributed by atoms with Gasteiger partial charge in [0.25, 0.3) is 5.56 Å². The number of nitrogens with one attached hydrogen (secondary N) is 1. The molecule has 0 aliphatic rings. The second-order valence-corrected chi connectivity index (χ2v) is 4.30. The first kappa shape index (κ1) is 12.2. The van der Waals surface area contributed by atoms with Crippen molar-refractivity contribution >= 4 is 5.97 Å². The second kappa shape index (κ2) is 4.52. The molecule has 0 spiro atoms. The number of nitrogens with zero attached hydrogens (tertiary/aromatic N) is 1. The summed E-state index contributed by atoms with van der Waals surface area (Å²) < 4.78 is 1.38. The largest absolute Gasteiger partial charge is 0.481 e. The fourth-order valence-electron chi connectivity index (χ4n) is 1.84. The molecule has 0 saturated carbocycles. The van der Waals surface area contributed by atoms with E-state index in [1.54, 1.807) is 0 Å². The number of rotatable bonds is 3. The Morgan fingerprint density at radius 1 is 1.39 bits per heavy atom. The van der Waals surface area contributed by atoms with E-state index in [9.17, 15) is 9.59 Å². The van der Waals surface area contributed by atoms with Gasteiger partial charge < -0.3 is 5.11 Å². The molecule has 0 saturated heterocycles. The Balaban J connectivity index is 2.52. The van der Waals surface area contributed by atoms with E-state index in [2.05, 4.69) is 5.10 Å². The number of aliphatic carboxylic acids is 1. The Morgan fingerprint density at radius 3 is 2.78 bits per heavy atom. The predicted molar refractivity (Wildman–Crippen MR) is 67.2 cm³/mol. The van der Waals surface area contributed by atoms with Crippen LogP contribution in [0.4, 0.5) is 0 Å². The van der Waals surface area contributed by atoms with Gasteiger partial charge in [0.15, 0.2) is 0 Å². The molecule has 0 aliphatic carbocycles. The van der Waals surface area contributed by atoms with Gasteiger partial charge in [-0.05, 0) is 31.0 Å². The summed E-state index contributed by atoms with van der Waals surface area (Å²) in [4.78, 5) is 22.7. The minimum Gasteiger partial charge on any atom is -0.481 e. The maximum absolute atomic E-state index is 12.0. The number of aromatic amines is 1. The molecule has 18 heavy (non-hydrogen) atoms. The number of hydrogen-bond donors (Lipinski definition) is 2. The molecule has 1 heterocycles. The highest BCUT2D eigenvalue weighted by atomic mass is 16.4. The van der Waals surface area contributed by atoms with Gasteiger partial charge in [-0.3, -0.25) is 14.7 Å². The van der Waals surface area contributed by atoms with Crippen LogP contribution in [0.25, 0.3) is 5.69 Å². The number of hydrogen-bond acceptors (Lipinski definition) is 2. The summed E-state index contributed by atoms with van der Waals surface area (Å²) in [7, 11) is 0. The van der Waals surface area contributed by atoms with E-state index >= 15 is 0 Å². The maximum atomic E-state index is 12.0. The van der Waals surface area contributed by atoms with Crippen molar-refractivity contribution in [2.75, 3.05) is 0 Å². The summed E-state index contributed by atoms with van der Waals surface area (Å²) in [6, 6.07) is 5.78. The monoisotopic (exact) mass is 246 g/mol. The zero-order valence-corrected chi connectivity index (χ0v) is 10.2. The first-order valence-corrected chi connectivity index (χ1v) is 5.58. The van der Waals surface area contributed by atoms with E-state index in [4.69, 9.17) is 5.11 Å². The van der Waals surface area contributed by atoms with Gasteiger partial charge in [0.2, 0.25) is 0 Å². The van der Waals surface area contributed by atoms with Crippen LogP contribution < -0.4 is 5.56 Å². The summed E-state index contributed by atoms with van der Waals surface area (Å²) in [6.45, 7) is 3.84. The lowest BCUT2D eigenvalue weighted by Crippen LogP contribution is -2.19. The van der Waals surface area contributed by atoms with Crippen molar-refractivity contribution in [1.82, 2.24) is 9.78 Å². The van der Waals surface area contributed by atoms with Gasteiger partial charge in [-0.25, -0.2) is 4.68 Å². The van der Waals surface area contributed by atoms with Crippen LogP contribution in [0.5, 0.6) is 0 Å². The van der Waals surface area contributed by atoms with Crippen LogP contribution in [-0.2, 0) is 11.2 Å². The second-order valence-electron chi connectivity index (χ2n) is 4.30. The van der Waals surface area contributed by atoms with Crippen molar-refractivity contribution in [2.24, 2.45) is 0 Å². The molecule has 5 heteroatoms. The molecule has 0 bridgehead atoms. The van der Waals surface area contributed by atoms with Gasteiger partial charge in [-0.1, -0.05) is 12.1 Å². The molecule has 94 valence electrons. The van der Waals surface area contributed by atoms with Crippen molar-refractivity contribution in [3.05, 3.63) is 51.4 Å². The van der Waals surface area contributed by atoms with Gasteiger partial charge in [0.05, 0.1) is 12.1 Å². The quantitative estimate of drug-likeness (QED) is 0.859. The number of aryl methyl sites for hydroxylation is 2. The van der Waals surface area contributed by atoms with Crippen LogP contribution in [0.1, 0.15) is 16.7 Å². The van der Waals surface area contributed by atoms with Crippen LogP contribution in [0.15, 0.2) is 29.2 Å². The Kier molecular flexibility index (Phi) is 3.06. The first-order valence-electron chi connectivity index (χ1n) is 5.58. The zero-order valence-electron chi connectivity index (χ0n) is 10.2. The molecule has 1 aromatic heterocycles. The minimum absolute atomic E-state index is 0.253. The summed E-state index contributed by atoms with van der Waals surface area (Å²) >= 11 is 0. The number of carboxylic acid groups (broad SMARTS) is 1. The third kappa shape index (κ3) is 2.20. The van der Waals surface area contributed by atoms with Crippen molar-refractivity contribution < 1.29 is 9.90 Å². The molecule has 0 fully saturated rings. The summed E-state index contributed by atoms with van der Waals surface area (Å²) in [6.07, 6.45) is 1.17. The molecule has 2 aromatic rings. The molecule has 0 radical (unpaired) electrons. The summed E-state index contributed by atoms with van der Waals surface area (Å²) in [5.74, 6) is -1.01. The normalized spacial score (nSPS) is 10.6. The standard InChI is InChI=1S/C13H14N2O3/c1-8-3-4-9(2)11(5-8)15-13(18)10(7-14-15)6-12(16)17/h3-5,7,14H,6H2,1-2H3,(H,16,17). The van der Waals surface area contributed by atoms with Gasteiger partial charge in [0, 0.05) is 11.8 Å². The zero-order chi connectivity index (χ0) is 13.3. The average molecular weight is 246 g/mol. The Hall–Kier alpha value is -2.30. The van der Waals surface area contributed by atoms with E-state index in [0.717, 1.165) is 16.8 Å². The molecule has 2 rings (SSSR count). The highest BCUT2D eigenvalue weighted by Gasteiger charge is 2.12. The lowest BCUT2D eigenvalue weighted by molar-refractivity contribution is -0.136. The smallest absolute Gasteiger partial charge is 0.308 e. The highest BCUT2D eigenvalue weighted by molar-refractivity contribution is 5.69. The Labute approximate surface area is 104 Å². The van der Waals surface area contributed by atoms with Crippen LogP contribution in [-0.4, -0.2) is 20.9 Å². The molecular weight excluding hydrogens is 232 g/mol. The van der Waals surface area contributed by atoms with Crippen molar-refractivity contribution in [3.63, 3.8) is 0 Å². The SMILES string of the molecule is Cc1ccc(C)c(-n2[nH]cc(CC(=O)O)c2=O)c1. The summed E-state index contributed by atoms with van der Waals surface area (Å²) in [5, 5.41) is 11.5. The van der Waals surface area contributed by atoms with Crippen molar-refractivity contribution in [3.8, 4) is 5.69 Å². The van der Waals surface area contributed by atoms with E-state index < -0.39 is 5.97 Å².